The molecule has 0 amide bonds. The minimum absolute atomic E-state index is 0.449. The molecule has 108 valence electrons. The average molecular weight is 303 g/mol. The number of rotatable bonds is 3. The standard InChI is InChI=1S/C16H15ClN2O2/c1-20-14-8-15(21-2)13(7-12(14)17)19-9-10-5-3-4-6-11(10)16(19)18/h3-8,18H,9H2,1-2H3. The van der Waals surface area contributed by atoms with E-state index in [-0.39, 0.29) is 0 Å². The number of hydrogen-bond donors (Lipinski definition) is 1. The van der Waals surface area contributed by atoms with E-state index in [1.807, 2.05) is 29.2 Å². The molecule has 4 nitrogen and oxygen atoms in total. The van der Waals surface area contributed by atoms with E-state index in [1.54, 1.807) is 26.4 Å². The number of amidine groups is 1. The van der Waals surface area contributed by atoms with Crippen LogP contribution in [0.15, 0.2) is 36.4 Å². The van der Waals surface area contributed by atoms with Gasteiger partial charge in [-0.05, 0) is 11.6 Å². The Bertz CT molecular complexity index is 715. The number of hydrogen-bond acceptors (Lipinski definition) is 3. The van der Waals surface area contributed by atoms with Crippen molar-refractivity contribution >= 4 is 23.1 Å². The maximum Gasteiger partial charge on any atom is 0.146 e. The number of benzene rings is 2. The Labute approximate surface area is 128 Å². The lowest BCUT2D eigenvalue weighted by molar-refractivity contribution is 0.395. The fourth-order valence-corrected chi connectivity index (χ4v) is 2.78. The molecule has 5 heteroatoms. The Morgan fingerprint density at radius 3 is 2.48 bits per heavy atom. The molecule has 1 heterocycles. The molecule has 2 aromatic carbocycles. The maximum absolute atomic E-state index is 8.36. The van der Waals surface area contributed by atoms with Crippen molar-refractivity contribution in [2.75, 3.05) is 19.1 Å². The van der Waals surface area contributed by atoms with Gasteiger partial charge in [0.15, 0.2) is 0 Å². The van der Waals surface area contributed by atoms with Crippen LogP contribution in [0.1, 0.15) is 11.1 Å². The van der Waals surface area contributed by atoms with E-state index in [4.69, 9.17) is 26.5 Å². The SMILES string of the molecule is COc1cc(OC)c(N2Cc3ccccc3C2=N)cc1Cl. The molecule has 0 bridgehead atoms. The summed E-state index contributed by atoms with van der Waals surface area (Å²) in [7, 11) is 3.16. The van der Waals surface area contributed by atoms with Crippen LogP contribution in [0, 0.1) is 5.41 Å². The molecular weight excluding hydrogens is 288 g/mol. The van der Waals surface area contributed by atoms with E-state index >= 15 is 0 Å². The second kappa shape index (κ2) is 5.30. The normalized spacial score (nSPS) is 13.3. The molecule has 0 atom stereocenters. The summed E-state index contributed by atoms with van der Waals surface area (Å²) in [5, 5.41) is 8.86. The summed E-state index contributed by atoms with van der Waals surface area (Å²) in [6, 6.07) is 11.4. The van der Waals surface area contributed by atoms with E-state index in [0.29, 0.717) is 28.9 Å². The van der Waals surface area contributed by atoms with Crippen LogP contribution in [0.4, 0.5) is 5.69 Å². The van der Waals surface area contributed by atoms with E-state index in [0.717, 1.165) is 16.8 Å². The van der Waals surface area contributed by atoms with Gasteiger partial charge in [0.05, 0.1) is 31.5 Å². The quantitative estimate of drug-likeness (QED) is 0.940. The fourth-order valence-electron chi connectivity index (χ4n) is 2.54. The Morgan fingerprint density at radius 2 is 1.81 bits per heavy atom. The first kappa shape index (κ1) is 13.8. The van der Waals surface area contributed by atoms with Gasteiger partial charge in [-0.3, -0.25) is 5.41 Å². The number of fused-ring (bicyclic) bond motifs is 1. The molecule has 0 saturated carbocycles. The van der Waals surface area contributed by atoms with E-state index < -0.39 is 0 Å². The molecule has 0 spiro atoms. The average Bonchev–Trinajstić information content (AvgIpc) is 2.84. The zero-order valence-corrected chi connectivity index (χ0v) is 12.6. The predicted octanol–water partition coefficient (Wildman–Crippen LogP) is 3.70. The van der Waals surface area contributed by atoms with Gasteiger partial charge < -0.3 is 14.4 Å². The highest BCUT2D eigenvalue weighted by molar-refractivity contribution is 6.32. The van der Waals surface area contributed by atoms with Crippen LogP contribution in [0.2, 0.25) is 5.02 Å². The van der Waals surface area contributed by atoms with Crippen LogP contribution >= 0.6 is 11.6 Å². The van der Waals surface area contributed by atoms with Crippen LogP contribution < -0.4 is 14.4 Å². The van der Waals surface area contributed by atoms with Crippen molar-refractivity contribution in [3.8, 4) is 11.5 Å². The molecule has 0 saturated heterocycles. The van der Waals surface area contributed by atoms with Gasteiger partial charge in [-0.1, -0.05) is 35.9 Å². The van der Waals surface area contributed by atoms with Crippen LogP contribution in [-0.2, 0) is 6.54 Å². The van der Waals surface area contributed by atoms with Gasteiger partial charge in [-0.25, -0.2) is 0 Å². The summed E-state index contributed by atoms with van der Waals surface area (Å²) in [6.45, 7) is 0.633. The first-order valence-corrected chi connectivity index (χ1v) is 6.89. The Balaban J connectivity index is 2.06. The topological polar surface area (TPSA) is 45.6 Å². The second-order valence-corrected chi connectivity index (χ2v) is 5.16. The maximum atomic E-state index is 8.36. The van der Waals surface area contributed by atoms with Crippen molar-refractivity contribution in [1.82, 2.24) is 0 Å². The van der Waals surface area contributed by atoms with Gasteiger partial charge >= 0.3 is 0 Å². The first-order valence-electron chi connectivity index (χ1n) is 6.51. The van der Waals surface area contributed by atoms with Gasteiger partial charge in [0.2, 0.25) is 0 Å². The number of anilines is 1. The summed E-state index contributed by atoms with van der Waals surface area (Å²) in [6.07, 6.45) is 0. The van der Waals surface area contributed by atoms with Gasteiger partial charge in [-0.2, -0.15) is 0 Å². The summed E-state index contributed by atoms with van der Waals surface area (Å²) in [5.41, 5.74) is 2.83. The third-order valence-electron chi connectivity index (χ3n) is 3.61. The molecule has 1 aliphatic rings. The summed E-state index contributed by atoms with van der Waals surface area (Å²) >= 11 is 6.22. The number of methoxy groups -OCH3 is 2. The smallest absolute Gasteiger partial charge is 0.146 e. The van der Waals surface area contributed by atoms with Crippen LogP contribution in [0.3, 0.4) is 0 Å². The van der Waals surface area contributed by atoms with Crippen LogP contribution in [-0.4, -0.2) is 20.1 Å². The van der Waals surface area contributed by atoms with E-state index in [1.165, 1.54) is 0 Å². The molecule has 21 heavy (non-hydrogen) atoms. The first-order chi connectivity index (χ1) is 10.2. The van der Waals surface area contributed by atoms with E-state index in [9.17, 15) is 0 Å². The van der Waals surface area contributed by atoms with Crippen molar-refractivity contribution in [3.05, 3.63) is 52.5 Å². The fraction of sp³-hybridized carbons (Fsp3) is 0.188. The summed E-state index contributed by atoms with van der Waals surface area (Å²) < 4.78 is 10.6. The Morgan fingerprint density at radius 1 is 1.10 bits per heavy atom. The van der Waals surface area contributed by atoms with Crippen molar-refractivity contribution in [2.45, 2.75) is 6.54 Å². The second-order valence-electron chi connectivity index (χ2n) is 4.75. The molecule has 0 unspecified atom stereocenters. The minimum Gasteiger partial charge on any atom is -0.495 e. The molecule has 1 aliphatic heterocycles. The molecule has 0 radical (unpaired) electrons. The van der Waals surface area contributed by atoms with Gasteiger partial charge in [0, 0.05) is 11.6 Å². The van der Waals surface area contributed by atoms with Crippen molar-refractivity contribution in [2.24, 2.45) is 0 Å². The molecule has 3 rings (SSSR count). The lowest BCUT2D eigenvalue weighted by atomic mass is 10.1. The Kier molecular flexibility index (Phi) is 3.47. The van der Waals surface area contributed by atoms with Gasteiger partial charge in [0.25, 0.3) is 0 Å². The molecule has 0 aromatic heterocycles. The number of halogens is 1. The lowest BCUT2D eigenvalue weighted by Crippen LogP contribution is -2.23. The number of nitrogens with one attached hydrogen (secondary N) is 1. The van der Waals surface area contributed by atoms with E-state index in [2.05, 4.69) is 0 Å². The Hall–Kier alpha value is -2.20. The predicted molar refractivity (Wildman–Crippen MR) is 84.0 cm³/mol. The number of nitrogens with zero attached hydrogens (tertiary/aromatic N) is 1. The highest BCUT2D eigenvalue weighted by Crippen LogP contribution is 2.40. The van der Waals surface area contributed by atoms with Gasteiger partial charge in [0.1, 0.15) is 17.3 Å². The summed E-state index contributed by atoms with van der Waals surface area (Å²) in [5.74, 6) is 1.64. The molecular formula is C16H15ClN2O2. The van der Waals surface area contributed by atoms with Crippen molar-refractivity contribution in [1.29, 1.82) is 5.41 Å². The molecule has 1 N–H and O–H groups in total. The van der Waals surface area contributed by atoms with Gasteiger partial charge in [-0.15, -0.1) is 0 Å². The molecule has 0 fully saturated rings. The zero-order valence-electron chi connectivity index (χ0n) is 11.8. The van der Waals surface area contributed by atoms with Crippen LogP contribution in [0.5, 0.6) is 11.5 Å². The third-order valence-corrected chi connectivity index (χ3v) is 3.91. The molecule has 2 aromatic rings. The summed E-state index contributed by atoms with van der Waals surface area (Å²) in [4.78, 5) is 1.88. The van der Waals surface area contributed by atoms with Crippen LogP contribution in [0.25, 0.3) is 0 Å². The van der Waals surface area contributed by atoms with Crippen molar-refractivity contribution < 1.29 is 9.47 Å². The van der Waals surface area contributed by atoms with Crippen molar-refractivity contribution in [3.63, 3.8) is 0 Å². The minimum atomic E-state index is 0.449. The highest BCUT2D eigenvalue weighted by Gasteiger charge is 2.27. The third kappa shape index (κ3) is 2.21. The monoisotopic (exact) mass is 302 g/mol. The molecule has 0 aliphatic carbocycles. The number of ether oxygens (including phenoxy) is 2. The highest BCUT2D eigenvalue weighted by atomic mass is 35.5. The zero-order chi connectivity index (χ0) is 15.0. The largest absolute Gasteiger partial charge is 0.495 e. The lowest BCUT2D eigenvalue weighted by Gasteiger charge is -2.22.